The van der Waals surface area contributed by atoms with E-state index in [1.54, 1.807) is 68.1 Å². The molecule has 38 heavy (non-hydrogen) atoms. The lowest BCUT2D eigenvalue weighted by Gasteiger charge is -2.32. The molecule has 2 N–H and O–H groups in total. The predicted octanol–water partition coefficient (Wildman–Crippen LogP) is 5.88. The minimum absolute atomic E-state index is 0.265. The van der Waals surface area contributed by atoms with Crippen LogP contribution in [0.5, 0.6) is 0 Å². The lowest BCUT2D eigenvalue weighted by atomic mass is 10.0. The number of benzene rings is 2. The van der Waals surface area contributed by atoms with Gasteiger partial charge in [0, 0.05) is 24.3 Å². The number of rotatable bonds is 4. The van der Waals surface area contributed by atoms with Gasteiger partial charge in [0.2, 0.25) is 11.7 Å². The highest BCUT2D eigenvalue weighted by atomic mass is 19.4. The lowest BCUT2D eigenvalue weighted by molar-refractivity contribution is -0.153. The molecule has 1 aliphatic heterocycles. The zero-order valence-electron chi connectivity index (χ0n) is 21.3. The summed E-state index contributed by atoms with van der Waals surface area (Å²) in [5.41, 5.74) is -0.141. The van der Waals surface area contributed by atoms with Crippen molar-refractivity contribution in [3.05, 3.63) is 71.6 Å². The molecule has 8 nitrogen and oxygen atoms in total. The Morgan fingerprint density at radius 2 is 1.76 bits per heavy atom. The summed E-state index contributed by atoms with van der Waals surface area (Å²) in [4.78, 5) is 31.2. The van der Waals surface area contributed by atoms with E-state index in [2.05, 4.69) is 15.6 Å². The van der Waals surface area contributed by atoms with Gasteiger partial charge in [-0.1, -0.05) is 30.3 Å². The average Bonchev–Trinajstić information content (AvgIpc) is 3.17. The maximum Gasteiger partial charge on any atom is 0.452 e. The van der Waals surface area contributed by atoms with Crippen LogP contribution >= 0.6 is 0 Å². The fourth-order valence-corrected chi connectivity index (χ4v) is 4.07. The quantitative estimate of drug-likeness (QED) is 0.437. The van der Waals surface area contributed by atoms with Gasteiger partial charge in [-0.25, -0.2) is 9.78 Å². The van der Waals surface area contributed by atoms with E-state index in [0.29, 0.717) is 18.7 Å². The molecule has 2 amide bonds. The third kappa shape index (κ3) is 6.52. The van der Waals surface area contributed by atoms with Crippen LogP contribution in [0.1, 0.15) is 55.0 Å². The van der Waals surface area contributed by atoms with Crippen molar-refractivity contribution in [3.8, 4) is 11.5 Å². The molecule has 1 aliphatic rings. The van der Waals surface area contributed by atoms with Crippen molar-refractivity contribution in [3.63, 3.8) is 0 Å². The van der Waals surface area contributed by atoms with Crippen LogP contribution < -0.4 is 10.6 Å². The number of carbonyl (C=O) groups is 2. The number of alkyl halides is 3. The minimum Gasteiger partial charge on any atom is -0.444 e. The van der Waals surface area contributed by atoms with Crippen LogP contribution in [-0.2, 0) is 10.9 Å². The van der Waals surface area contributed by atoms with Crippen LogP contribution in [0.15, 0.2) is 59.0 Å². The molecule has 4 rings (SSSR count). The summed E-state index contributed by atoms with van der Waals surface area (Å²) in [6, 6.07) is 14.3. The van der Waals surface area contributed by atoms with Crippen molar-refractivity contribution in [2.75, 3.05) is 25.0 Å². The van der Waals surface area contributed by atoms with E-state index >= 15 is 0 Å². The summed E-state index contributed by atoms with van der Waals surface area (Å²) >= 11 is 0. The summed E-state index contributed by atoms with van der Waals surface area (Å²) in [7, 11) is 0. The van der Waals surface area contributed by atoms with Gasteiger partial charge in [-0.3, -0.25) is 9.69 Å². The Balaban J connectivity index is 1.54. The maximum atomic E-state index is 13.6. The molecule has 1 saturated heterocycles. The van der Waals surface area contributed by atoms with Gasteiger partial charge in [0.25, 0.3) is 5.91 Å². The summed E-state index contributed by atoms with van der Waals surface area (Å²) in [6.45, 7) is 7.15. The number of nitrogens with zero attached hydrogens (tertiary/aromatic N) is 2. The molecule has 1 atom stereocenters. The van der Waals surface area contributed by atoms with E-state index in [1.807, 2.05) is 0 Å². The monoisotopic (exact) mass is 530 g/mol. The average molecular weight is 531 g/mol. The molecule has 0 bridgehead atoms. The number of oxazole rings is 1. The van der Waals surface area contributed by atoms with Gasteiger partial charge >= 0.3 is 12.3 Å². The van der Waals surface area contributed by atoms with Crippen LogP contribution in [0.4, 0.5) is 23.7 Å². The molecule has 1 aromatic heterocycles. The highest BCUT2D eigenvalue weighted by Crippen LogP contribution is 2.35. The third-order valence-corrected chi connectivity index (χ3v) is 5.77. The zero-order chi connectivity index (χ0) is 27.5. The number of carbonyl (C=O) groups excluding carboxylic acids is 2. The second kappa shape index (κ2) is 10.9. The molecular weight excluding hydrogens is 501 g/mol. The number of nitrogens with one attached hydrogen (secondary N) is 2. The van der Waals surface area contributed by atoms with Gasteiger partial charge in [0.05, 0.1) is 6.04 Å². The third-order valence-electron chi connectivity index (χ3n) is 5.77. The summed E-state index contributed by atoms with van der Waals surface area (Å²) < 4.78 is 51.4. The first kappa shape index (κ1) is 27.2. The van der Waals surface area contributed by atoms with Crippen LogP contribution in [0.3, 0.4) is 0 Å². The van der Waals surface area contributed by atoms with Crippen molar-refractivity contribution >= 4 is 17.7 Å². The van der Waals surface area contributed by atoms with Crippen molar-refractivity contribution < 1.29 is 31.9 Å². The van der Waals surface area contributed by atoms with Gasteiger partial charge in [-0.15, -0.1) is 0 Å². The molecule has 11 heteroatoms. The largest absolute Gasteiger partial charge is 0.452 e. The van der Waals surface area contributed by atoms with Crippen molar-refractivity contribution in [2.24, 2.45) is 0 Å². The standard InChI is InChI=1S/C27H29F3N4O4/c1-26(2,3)38-25(36)34-15-7-14-31-16-20(34)17-10-12-19(13-11-17)32-23(35)21-22(27(28,29)30)37-24(33-21)18-8-5-4-6-9-18/h4-6,8-13,20,31H,7,14-16H2,1-3H3,(H,32,35). The molecule has 1 unspecified atom stereocenters. The van der Waals surface area contributed by atoms with Crippen LogP contribution in [0, 0.1) is 0 Å². The van der Waals surface area contributed by atoms with Gasteiger partial charge in [0.1, 0.15) is 5.60 Å². The molecular formula is C27H29F3N4O4. The zero-order valence-corrected chi connectivity index (χ0v) is 21.3. The van der Waals surface area contributed by atoms with Crippen molar-refractivity contribution in [1.29, 1.82) is 0 Å². The Morgan fingerprint density at radius 1 is 1.08 bits per heavy atom. The SMILES string of the molecule is CC(C)(C)OC(=O)N1CCCNCC1c1ccc(NC(=O)c2nc(-c3ccccc3)oc2C(F)(F)F)cc1. The molecule has 0 saturated carbocycles. The molecule has 1 fully saturated rings. The van der Waals surface area contributed by atoms with E-state index in [1.165, 1.54) is 12.1 Å². The molecule has 2 aromatic carbocycles. The van der Waals surface area contributed by atoms with Crippen LogP contribution in [0.2, 0.25) is 0 Å². The van der Waals surface area contributed by atoms with Crippen LogP contribution in [-0.4, -0.2) is 47.1 Å². The van der Waals surface area contributed by atoms with E-state index in [-0.39, 0.29) is 17.6 Å². The second-order valence-corrected chi connectivity index (χ2v) is 9.88. The molecule has 0 aliphatic carbocycles. The van der Waals surface area contributed by atoms with Gasteiger partial charge in [0.15, 0.2) is 5.69 Å². The summed E-state index contributed by atoms with van der Waals surface area (Å²) in [5.74, 6) is -2.83. The summed E-state index contributed by atoms with van der Waals surface area (Å²) in [6.07, 6.45) is -4.58. The van der Waals surface area contributed by atoms with Crippen LogP contribution in [0.25, 0.3) is 11.5 Å². The number of hydrogen-bond donors (Lipinski definition) is 2. The van der Waals surface area contributed by atoms with E-state index in [0.717, 1.165) is 18.5 Å². The minimum atomic E-state index is -4.91. The Bertz CT molecular complexity index is 1270. The Hall–Kier alpha value is -3.86. The molecule has 2 heterocycles. The Kier molecular flexibility index (Phi) is 7.77. The first-order chi connectivity index (χ1) is 17.9. The second-order valence-electron chi connectivity index (χ2n) is 9.88. The van der Waals surface area contributed by atoms with Crippen molar-refractivity contribution in [1.82, 2.24) is 15.2 Å². The fourth-order valence-electron chi connectivity index (χ4n) is 4.07. The van der Waals surface area contributed by atoms with E-state index in [4.69, 9.17) is 9.15 Å². The van der Waals surface area contributed by atoms with E-state index in [9.17, 15) is 22.8 Å². The molecule has 0 radical (unpaired) electrons. The van der Waals surface area contributed by atoms with Crippen molar-refractivity contribution in [2.45, 2.75) is 45.0 Å². The maximum absolute atomic E-state index is 13.6. The number of amides is 2. The number of ether oxygens (including phenoxy) is 1. The Labute approximate surface area is 218 Å². The topological polar surface area (TPSA) is 96.7 Å². The normalized spacial score (nSPS) is 16.6. The number of halogens is 3. The molecule has 3 aromatic rings. The smallest absolute Gasteiger partial charge is 0.444 e. The number of aromatic nitrogens is 1. The van der Waals surface area contributed by atoms with E-state index < -0.39 is 35.2 Å². The van der Waals surface area contributed by atoms with Gasteiger partial charge in [-0.05, 0) is 63.6 Å². The predicted molar refractivity (Wildman–Crippen MR) is 135 cm³/mol. The highest BCUT2D eigenvalue weighted by molar-refractivity contribution is 6.04. The lowest BCUT2D eigenvalue weighted by Crippen LogP contribution is -2.41. The number of hydrogen-bond acceptors (Lipinski definition) is 6. The summed E-state index contributed by atoms with van der Waals surface area (Å²) in [5, 5.41) is 5.76. The molecule has 0 spiro atoms. The number of anilines is 1. The Morgan fingerprint density at radius 3 is 2.39 bits per heavy atom. The fraction of sp³-hybridized carbons (Fsp3) is 0.370. The first-order valence-electron chi connectivity index (χ1n) is 12.2. The first-order valence-corrected chi connectivity index (χ1v) is 12.2. The highest BCUT2D eigenvalue weighted by Gasteiger charge is 2.42. The van der Waals surface area contributed by atoms with Gasteiger partial charge < -0.3 is 19.8 Å². The van der Waals surface area contributed by atoms with Gasteiger partial charge in [-0.2, -0.15) is 13.2 Å². The molecule has 202 valence electrons.